The van der Waals surface area contributed by atoms with Gasteiger partial charge in [0.2, 0.25) is 0 Å². The lowest BCUT2D eigenvalue weighted by molar-refractivity contribution is 0.0956. The molecule has 3 heterocycles. The molecule has 2 aromatic carbocycles. The van der Waals surface area contributed by atoms with Crippen molar-refractivity contribution in [1.82, 2.24) is 10.3 Å². The van der Waals surface area contributed by atoms with Crippen LogP contribution in [0.2, 0.25) is 0 Å². The number of carbonyl (C=O) groups is 1. The van der Waals surface area contributed by atoms with Gasteiger partial charge in [0.15, 0.2) is 11.5 Å². The van der Waals surface area contributed by atoms with Crippen molar-refractivity contribution >= 4 is 44.5 Å². The number of benzene rings is 2. The fourth-order valence-corrected chi connectivity index (χ4v) is 5.70. The molecule has 0 radical (unpaired) electrons. The molecule has 0 fully saturated rings. The molecule has 0 saturated carbocycles. The molecule has 0 aliphatic heterocycles. The van der Waals surface area contributed by atoms with Crippen molar-refractivity contribution in [3.05, 3.63) is 81.9 Å². The number of nitrogens with zero attached hydrogens (tertiary/aromatic N) is 1. The molecule has 0 saturated heterocycles. The summed E-state index contributed by atoms with van der Waals surface area (Å²) < 4.78 is 11.3. The van der Waals surface area contributed by atoms with Crippen molar-refractivity contribution in [2.24, 2.45) is 0 Å². The summed E-state index contributed by atoms with van der Waals surface area (Å²) in [6.07, 6.45) is 0. The number of thiophene rings is 2. The third-order valence-electron chi connectivity index (χ3n) is 5.67. The number of pyridine rings is 1. The fraction of sp³-hybridized carbons (Fsp3) is 0.111. The van der Waals surface area contributed by atoms with E-state index in [-0.39, 0.29) is 5.91 Å². The van der Waals surface area contributed by atoms with Crippen LogP contribution in [-0.2, 0) is 6.54 Å². The Bertz CT molecular complexity index is 1500. The maximum absolute atomic E-state index is 13.1. The van der Waals surface area contributed by atoms with Gasteiger partial charge in [-0.1, -0.05) is 48.5 Å². The van der Waals surface area contributed by atoms with Gasteiger partial charge in [0.05, 0.1) is 32.1 Å². The SMILES string of the molecule is COc1cccc(-c2cc(-c3ccccc3)nc3sc(C(=O)NCc4cccs4)c(N)c23)c1OC. The van der Waals surface area contributed by atoms with Gasteiger partial charge < -0.3 is 20.5 Å². The van der Waals surface area contributed by atoms with E-state index in [1.807, 2.05) is 72.1 Å². The number of ether oxygens (including phenoxy) is 2. The van der Waals surface area contributed by atoms with Crippen LogP contribution < -0.4 is 20.5 Å². The number of hydrogen-bond donors (Lipinski definition) is 2. The van der Waals surface area contributed by atoms with E-state index in [0.29, 0.717) is 33.4 Å². The van der Waals surface area contributed by atoms with E-state index in [9.17, 15) is 4.79 Å². The number of fused-ring (bicyclic) bond motifs is 1. The van der Waals surface area contributed by atoms with Crippen molar-refractivity contribution < 1.29 is 14.3 Å². The van der Waals surface area contributed by atoms with E-state index in [1.54, 1.807) is 25.6 Å². The van der Waals surface area contributed by atoms with Gasteiger partial charge in [-0.25, -0.2) is 4.98 Å². The lowest BCUT2D eigenvalue weighted by Crippen LogP contribution is -2.22. The first-order valence-electron chi connectivity index (χ1n) is 10.9. The molecule has 5 aromatic rings. The predicted octanol–water partition coefficient (Wildman–Crippen LogP) is 6.22. The highest BCUT2D eigenvalue weighted by molar-refractivity contribution is 7.21. The number of para-hydroxylation sites is 1. The van der Waals surface area contributed by atoms with Crippen LogP contribution in [0.25, 0.3) is 32.6 Å². The number of rotatable bonds is 7. The number of nitrogen functional groups attached to an aromatic ring is 1. The molecular weight excluding hydrogens is 478 g/mol. The molecule has 176 valence electrons. The molecule has 1 amide bonds. The largest absolute Gasteiger partial charge is 0.493 e. The average Bonchev–Trinajstić information content (AvgIpc) is 3.54. The summed E-state index contributed by atoms with van der Waals surface area (Å²) in [6.45, 7) is 0.448. The van der Waals surface area contributed by atoms with Crippen molar-refractivity contribution in [3.8, 4) is 33.9 Å². The van der Waals surface area contributed by atoms with Gasteiger partial charge in [-0.3, -0.25) is 4.79 Å². The Morgan fingerprint density at radius 1 is 1.00 bits per heavy atom. The van der Waals surface area contributed by atoms with E-state index in [4.69, 9.17) is 20.2 Å². The number of aromatic nitrogens is 1. The first-order chi connectivity index (χ1) is 17.1. The molecule has 3 N–H and O–H groups in total. The fourth-order valence-electron chi connectivity index (χ4n) is 4.02. The maximum atomic E-state index is 13.1. The highest BCUT2D eigenvalue weighted by Gasteiger charge is 2.23. The summed E-state index contributed by atoms with van der Waals surface area (Å²) >= 11 is 2.89. The lowest BCUT2D eigenvalue weighted by atomic mass is 9.98. The molecule has 0 aliphatic carbocycles. The van der Waals surface area contributed by atoms with Gasteiger partial charge in [0.25, 0.3) is 5.91 Å². The topological polar surface area (TPSA) is 86.5 Å². The Morgan fingerprint density at radius 3 is 2.54 bits per heavy atom. The normalized spacial score (nSPS) is 10.9. The Hall–Kier alpha value is -3.88. The van der Waals surface area contributed by atoms with E-state index in [2.05, 4.69) is 5.32 Å². The van der Waals surface area contributed by atoms with Crippen LogP contribution in [0.1, 0.15) is 14.5 Å². The average molecular weight is 502 g/mol. The van der Waals surface area contributed by atoms with Crippen molar-refractivity contribution in [1.29, 1.82) is 0 Å². The maximum Gasteiger partial charge on any atom is 0.263 e. The van der Waals surface area contributed by atoms with Crippen LogP contribution in [0.5, 0.6) is 11.5 Å². The number of methoxy groups -OCH3 is 2. The molecular formula is C27H23N3O3S2. The van der Waals surface area contributed by atoms with Crippen molar-refractivity contribution in [2.75, 3.05) is 20.0 Å². The Morgan fingerprint density at radius 2 is 1.83 bits per heavy atom. The predicted molar refractivity (Wildman–Crippen MR) is 143 cm³/mol. The summed E-state index contributed by atoms with van der Waals surface area (Å²) in [4.78, 5) is 20.2. The molecule has 0 spiro atoms. The quantitative estimate of drug-likeness (QED) is 0.276. The molecule has 6 nitrogen and oxygen atoms in total. The number of nitrogens with one attached hydrogen (secondary N) is 1. The first kappa shape index (κ1) is 22.9. The summed E-state index contributed by atoms with van der Waals surface area (Å²) in [5.41, 5.74) is 10.4. The molecule has 8 heteroatoms. The minimum absolute atomic E-state index is 0.219. The number of amides is 1. The van der Waals surface area contributed by atoms with Crippen LogP contribution >= 0.6 is 22.7 Å². The molecule has 0 atom stereocenters. The summed E-state index contributed by atoms with van der Waals surface area (Å²) in [7, 11) is 3.21. The van der Waals surface area contributed by atoms with Gasteiger partial charge in [-0.2, -0.15) is 0 Å². The van der Waals surface area contributed by atoms with Gasteiger partial charge >= 0.3 is 0 Å². The second kappa shape index (κ2) is 9.77. The zero-order chi connectivity index (χ0) is 24.4. The number of hydrogen-bond acceptors (Lipinski definition) is 7. The molecule has 0 bridgehead atoms. The molecule has 3 aromatic heterocycles. The van der Waals surface area contributed by atoms with E-state index >= 15 is 0 Å². The van der Waals surface area contributed by atoms with Crippen LogP contribution in [0.15, 0.2) is 72.1 Å². The van der Waals surface area contributed by atoms with Crippen LogP contribution in [-0.4, -0.2) is 25.1 Å². The zero-order valence-electron chi connectivity index (χ0n) is 19.2. The highest BCUT2D eigenvalue weighted by atomic mass is 32.1. The summed E-state index contributed by atoms with van der Waals surface area (Å²) in [5, 5.41) is 5.69. The van der Waals surface area contributed by atoms with Crippen molar-refractivity contribution in [2.45, 2.75) is 6.54 Å². The van der Waals surface area contributed by atoms with E-state index < -0.39 is 0 Å². The third-order valence-corrected chi connectivity index (χ3v) is 7.65. The van der Waals surface area contributed by atoms with Crippen LogP contribution in [0.3, 0.4) is 0 Å². The Labute approximate surface area is 211 Å². The molecule has 35 heavy (non-hydrogen) atoms. The molecule has 0 aliphatic rings. The Balaban J connectivity index is 1.69. The standard InChI is InChI=1S/C27H23N3O3S2/c1-32-21-12-6-11-18(24(21)33-2)19-14-20(16-8-4-3-5-9-16)30-27-22(19)23(28)25(35-27)26(31)29-15-17-10-7-13-34-17/h3-14H,15,28H2,1-2H3,(H,29,31). The van der Waals surface area contributed by atoms with Crippen LogP contribution in [0.4, 0.5) is 5.69 Å². The Kier molecular flexibility index (Phi) is 6.39. The second-order valence-corrected chi connectivity index (χ2v) is 9.78. The van der Waals surface area contributed by atoms with E-state index in [1.165, 1.54) is 11.3 Å². The van der Waals surface area contributed by atoms with Gasteiger partial charge in [0.1, 0.15) is 9.71 Å². The first-order valence-corrected chi connectivity index (χ1v) is 12.6. The number of carbonyl (C=O) groups excluding carboxylic acids is 1. The third kappa shape index (κ3) is 4.34. The van der Waals surface area contributed by atoms with E-state index in [0.717, 1.165) is 32.6 Å². The zero-order valence-corrected chi connectivity index (χ0v) is 20.8. The minimum Gasteiger partial charge on any atom is -0.493 e. The summed E-state index contributed by atoms with van der Waals surface area (Å²) in [6, 6.07) is 21.6. The highest BCUT2D eigenvalue weighted by Crippen LogP contribution is 2.46. The number of anilines is 1. The smallest absolute Gasteiger partial charge is 0.263 e. The summed E-state index contributed by atoms with van der Waals surface area (Å²) in [5.74, 6) is 0.985. The lowest BCUT2D eigenvalue weighted by Gasteiger charge is -2.15. The van der Waals surface area contributed by atoms with Crippen molar-refractivity contribution in [3.63, 3.8) is 0 Å². The monoisotopic (exact) mass is 501 g/mol. The van der Waals surface area contributed by atoms with Gasteiger partial charge in [0, 0.05) is 27.0 Å². The number of nitrogens with two attached hydrogens (primary N) is 1. The second-order valence-electron chi connectivity index (χ2n) is 7.75. The minimum atomic E-state index is -0.219. The van der Waals surface area contributed by atoms with Gasteiger partial charge in [-0.15, -0.1) is 22.7 Å². The van der Waals surface area contributed by atoms with Gasteiger partial charge in [-0.05, 0) is 23.6 Å². The molecule has 5 rings (SSSR count). The molecule has 0 unspecified atom stereocenters. The van der Waals surface area contributed by atoms with Crippen LogP contribution in [0, 0.1) is 0 Å².